The summed E-state index contributed by atoms with van der Waals surface area (Å²) in [6.07, 6.45) is 0. The Kier molecular flexibility index (Phi) is 4.93. The van der Waals surface area contributed by atoms with Crippen molar-refractivity contribution in [2.75, 3.05) is 14.2 Å². The van der Waals surface area contributed by atoms with Crippen LogP contribution in [0.1, 0.15) is 18.6 Å². The minimum atomic E-state index is -0.975. The van der Waals surface area contributed by atoms with Crippen LogP contribution >= 0.6 is 0 Å². The first kappa shape index (κ1) is 17.5. The molecule has 0 spiro atoms. The second-order valence-electron chi connectivity index (χ2n) is 5.79. The maximum Gasteiger partial charge on any atom is 0.314 e. The van der Waals surface area contributed by atoms with Gasteiger partial charge in [-0.15, -0.1) is 0 Å². The number of carboxylic acids is 1. The minimum absolute atomic E-state index is 0.313. The van der Waals surface area contributed by atoms with Crippen LogP contribution < -0.4 is 9.47 Å². The molecule has 0 fully saturated rings. The van der Waals surface area contributed by atoms with Gasteiger partial charge in [-0.25, -0.2) is 0 Å². The Hall–Kier alpha value is -3.28. The molecule has 6 heteroatoms. The van der Waals surface area contributed by atoms with Crippen molar-refractivity contribution in [2.45, 2.75) is 12.8 Å². The molecule has 1 N–H and O–H groups in total. The fourth-order valence-electron chi connectivity index (χ4n) is 2.69. The molecule has 0 radical (unpaired) electrons. The average molecular weight is 353 g/mol. The SMILES string of the molecule is COc1ccc(-c2noc(C(C)C(=O)O)c2-c2ccc(OC)cc2)cc1. The Labute approximate surface area is 151 Å². The first-order valence-electron chi connectivity index (χ1n) is 8.06. The molecule has 26 heavy (non-hydrogen) atoms. The molecule has 1 heterocycles. The third kappa shape index (κ3) is 3.26. The molecule has 0 saturated heterocycles. The van der Waals surface area contributed by atoms with Crippen molar-refractivity contribution in [1.82, 2.24) is 5.16 Å². The van der Waals surface area contributed by atoms with Crippen molar-refractivity contribution in [3.8, 4) is 33.9 Å². The van der Waals surface area contributed by atoms with E-state index < -0.39 is 11.9 Å². The summed E-state index contributed by atoms with van der Waals surface area (Å²) in [6, 6.07) is 14.7. The summed E-state index contributed by atoms with van der Waals surface area (Å²) in [5.74, 6) is -0.0521. The topological polar surface area (TPSA) is 81.8 Å². The number of aromatic nitrogens is 1. The molecular weight excluding hydrogens is 334 g/mol. The van der Waals surface area contributed by atoms with E-state index in [2.05, 4.69) is 5.16 Å². The normalized spacial score (nSPS) is 11.8. The number of rotatable bonds is 6. The first-order chi connectivity index (χ1) is 12.5. The van der Waals surface area contributed by atoms with Gasteiger partial charge in [0, 0.05) is 5.56 Å². The number of methoxy groups -OCH3 is 2. The molecule has 0 bridgehead atoms. The molecule has 0 amide bonds. The van der Waals surface area contributed by atoms with E-state index in [0.717, 1.165) is 16.9 Å². The third-order valence-corrected chi connectivity index (χ3v) is 4.22. The number of benzene rings is 2. The zero-order valence-corrected chi connectivity index (χ0v) is 14.7. The number of hydrogen-bond donors (Lipinski definition) is 1. The zero-order valence-electron chi connectivity index (χ0n) is 14.7. The number of carboxylic acid groups (broad SMARTS) is 1. The lowest BCUT2D eigenvalue weighted by molar-refractivity contribution is -0.138. The van der Waals surface area contributed by atoms with Gasteiger partial charge in [0.1, 0.15) is 23.1 Å². The lowest BCUT2D eigenvalue weighted by Gasteiger charge is -2.09. The number of hydrogen-bond acceptors (Lipinski definition) is 5. The van der Waals surface area contributed by atoms with Crippen LogP contribution in [0.3, 0.4) is 0 Å². The van der Waals surface area contributed by atoms with Crippen LogP contribution in [0.5, 0.6) is 11.5 Å². The van der Waals surface area contributed by atoms with Gasteiger partial charge in [-0.05, 0) is 48.9 Å². The minimum Gasteiger partial charge on any atom is -0.497 e. The summed E-state index contributed by atoms with van der Waals surface area (Å²) in [5, 5.41) is 13.6. The maximum atomic E-state index is 11.5. The van der Waals surface area contributed by atoms with Gasteiger partial charge in [0.05, 0.1) is 19.8 Å². The highest BCUT2D eigenvalue weighted by atomic mass is 16.5. The zero-order chi connectivity index (χ0) is 18.7. The van der Waals surface area contributed by atoms with E-state index in [-0.39, 0.29) is 0 Å². The summed E-state index contributed by atoms with van der Waals surface area (Å²) >= 11 is 0. The van der Waals surface area contributed by atoms with Crippen molar-refractivity contribution < 1.29 is 23.9 Å². The molecule has 3 aromatic rings. The molecule has 134 valence electrons. The third-order valence-electron chi connectivity index (χ3n) is 4.22. The highest BCUT2D eigenvalue weighted by molar-refractivity contribution is 5.86. The number of aliphatic carboxylic acids is 1. The van der Waals surface area contributed by atoms with Crippen LogP contribution in [-0.2, 0) is 4.79 Å². The maximum absolute atomic E-state index is 11.5. The summed E-state index contributed by atoms with van der Waals surface area (Å²) in [5.41, 5.74) is 2.86. The van der Waals surface area contributed by atoms with Crippen LogP contribution in [0.15, 0.2) is 53.1 Å². The van der Waals surface area contributed by atoms with E-state index in [0.29, 0.717) is 22.8 Å². The average Bonchev–Trinajstić information content (AvgIpc) is 3.12. The van der Waals surface area contributed by atoms with E-state index in [4.69, 9.17) is 14.0 Å². The lowest BCUT2D eigenvalue weighted by atomic mass is 9.94. The van der Waals surface area contributed by atoms with Gasteiger partial charge in [-0.1, -0.05) is 17.3 Å². The Morgan fingerprint density at radius 2 is 1.46 bits per heavy atom. The van der Waals surface area contributed by atoms with Crippen LogP contribution in [0.25, 0.3) is 22.4 Å². The molecule has 1 unspecified atom stereocenters. The van der Waals surface area contributed by atoms with Crippen molar-refractivity contribution >= 4 is 5.97 Å². The van der Waals surface area contributed by atoms with Gasteiger partial charge >= 0.3 is 5.97 Å². The Morgan fingerprint density at radius 1 is 0.962 bits per heavy atom. The summed E-state index contributed by atoms with van der Waals surface area (Å²) in [6.45, 7) is 1.58. The lowest BCUT2D eigenvalue weighted by Crippen LogP contribution is -2.07. The molecule has 2 aromatic carbocycles. The Bertz CT molecular complexity index is 897. The van der Waals surface area contributed by atoms with Crippen molar-refractivity contribution in [3.63, 3.8) is 0 Å². The Balaban J connectivity index is 2.15. The van der Waals surface area contributed by atoms with Crippen molar-refractivity contribution in [1.29, 1.82) is 0 Å². The fourth-order valence-corrected chi connectivity index (χ4v) is 2.69. The van der Waals surface area contributed by atoms with Crippen molar-refractivity contribution in [3.05, 3.63) is 54.3 Å². The van der Waals surface area contributed by atoms with Gasteiger partial charge in [0.2, 0.25) is 0 Å². The van der Waals surface area contributed by atoms with Crippen LogP contribution in [0, 0.1) is 0 Å². The molecule has 0 saturated carbocycles. The first-order valence-corrected chi connectivity index (χ1v) is 8.06. The molecule has 6 nitrogen and oxygen atoms in total. The predicted molar refractivity (Wildman–Crippen MR) is 96.5 cm³/mol. The fraction of sp³-hybridized carbons (Fsp3) is 0.200. The van der Waals surface area contributed by atoms with E-state index in [1.54, 1.807) is 21.1 Å². The second-order valence-corrected chi connectivity index (χ2v) is 5.79. The summed E-state index contributed by atoms with van der Waals surface area (Å²) in [7, 11) is 3.19. The second kappa shape index (κ2) is 7.31. The molecule has 3 rings (SSSR count). The highest BCUT2D eigenvalue weighted by Gasteiger charge is 2.27. The highest BCUT2D eigenvalue weighted by Crippen LogP contribution is 2.39. The van der Waals surface area contributed by atoms with Gasteiger partial charge in [0.15, 0.2) is 5.76 Å². The predicted octanol–water partition coefficient (Wildman–Crippen LogP) is 4.21. The standard InChI is InChI=1S/C20H19NO5/c1-12(20(22)23)19-17(13-4-8-15(24-2)9-5-13)18(21-26-19)14-6-10-16(25-3)11-7-14/h4-12H,1-3H3,(H,22,23). The van der Waals surface area contributed by atoms with Crippen LogP contribution in [0.2, 0.25) is 0 Å². The number of ether oxygens (including phenoxy) is 2. The van der Waals surface area contributed by atoms with Crippen molar-refractivity contribution in [2.24, 2.45) is 0 Å². The van der Waals surface area contributed by atoms with E-state index in [1.165, 1.54) is 0 Å². The van der Waals surface area contributed by atoms with Gasteiger partial charge < -0.3 is 19.1 Å². The molecule has 0 aliphatic heterocycles. The quantitative estimate of drug-likeness (QED) is 0.715. The molecule has 0 aliphatic rings. The molecular formula is C20H19NO5. The monoisotopic (exact) mass is 353 g/mol. The van der Waals surface area contributed by atoms with E-state index in [1.807, 2.05) is 48.5 Å². The van der Waals surface area contributed by atoms with Gasteiger partial charge in [-0.2, -0.15) is 0 Å². The van der Waals surface area contributed by atoms with E-state index >= 15 is 0 Å². The Morgan fingerprint density at radius 3 is 1.92 bits per heavy atom. The smallest absolute Gasteiger partial charge is 0.314 e. The number of carbonyl (C=O) groups is 1. The summed E-state index contributed by atoms with van der Waals surface area (Å²) in [4.78, 5) is 11.5. The van der Waals surface area contributed by atoms with Crippen LogP contribution in [0.4, 0.5) is 0 Å². The van der Waals surface area contributed by atoms with Crippen LogP contribution in [-0.4, -0.2) is 30.5 Å². The number of nitrogens with zero attached hydrogens (tertiary/aromatic N) is 1. The largest absolute Gasteiger partial charge is 0.497 e. The molecule has 1 atom stereocenters. The molecule has 0 aliphatic carbocycles. The molecule has 1 aromatic heterocycles. The summed E-state index contributed by atoms with van der Waals surface area (Å²) < 4.78 is 15.8. The van der Waals surface area contributed by atoms with Gasteiger partial charge in [-0.3, -0.25) is 4.79 Å². The van der Waals surface area contributed by atoms with Gasteiger partial charge in [0.25, 0.3) is 0 Å². The van der Waals surface area contributed by atoms with E-state index in [9.17, 15) is 9.90 Å².